The Hall–Kier alpha value is -3.28. The first kappa shape index (κ1) is 16.2. The second-order valence-corrected chi connectivity index (χ2v) is 6.30. The largest absolute Gasteiger partial charge is 0.482 e. The van der Waals surface area contributed by atoms with Crippen molar-refractivity contribution in [2.24, 2.45) is 0 Å². The molecule has 0 bridgehead atoms. The highest BCUT2D eigenvalue weighted by atomic mass is 16.5. The smallest absolute Gasteiger partial charge is 0.262 e. The molecule has 4 rings (SSSR count). The van der Waals surface area contributed by atoms with Gasteiger partial charge in [0.25, 0.3) is 5.91 Å². The minimum atomic E-state index is -0.151. The van der Waals surface area contributed by atoms with Crippen LogP contribution in [0.3, 0.4) is 0 Å². The summed E-state index contributed by atoms with van der Waals surface area (Å²) in [4.78, 5) is 26.8. The van der Waals surface area contributed by atoms with Crippen molar-refractivity contribution in [2.45, 2.75) is 12.8 Å². The molecule has 0 radical (unpaired) electrons. The summed E-state index contributed by atoms with van der Waals surface area (Å²) in [6.07, 6.45) is 2.91. The molecule has 0 aliphatic carbocycles. The highest BCUT2D eigenvalue weighted by Crippen LogP contribution is 2.28. The zero-order chi connectivity index (χ0) is 17.9. The van der Waals surface area contributed by atoms with E-state index in [0.29, 0.717) is 30.8 Å². The maximum atomic E-state index is 12.2. The van der Waals surface area contributed by atoms with E-state index in [0.717, 1.165) is 22.0 Å². The summed E-state index contributed by atoms with van der Waals surface area (Å²) >= 11 is 0. The van der Waals surface area contributed by atoms with Crippen LogP contribution in [0, 0.1) is 0 Å². The quantitative estimate of drug-likeness (QED) is 0.661. The fourth-order valence-electron chi connectivity index (χ4n) is 3.15. The molecule has 1 aliphatic heterocycles. The van der Waals surface area contributed by atoms with Crippen molar-refractivity contribution in [1.29, 1.82) is 0 Å². The van der Waals surface area contributed by atoms with Gasteiger partial charge in [-0.1, -0.05) is 24.3 Å². The van der Waals surface area contributed by atoms with Crippen LogP contribution in [0.4, 0.5) is 5.69 Å². The highest BCUT2D eigenvalue weighted by molar-refractivity contribution is 5.95. The maximum Gasteiger partial charge on any atom is 0.262 e. The van der Waals surface area contributed by atoms with Gasteiger partial charge in [-0.25, -0.2) is 0 Å². The Balaban J connectivity index is 1.32. The van der Waals surface area contributed by atoms with Gasteiger partial charge in [-0.05, 0) is 35.7 Å². The Kier molecular flexibility index (Phi) is 4.31. The molecule has 0 saturated heterocycles. The van der Waals surface area contributed by atoms with Gasteiger partial charge in [-0.15, -0.1) is 0 Å². The third-order valence-electron chi connectivity index (χ3n) is 4.44. The molecule has 1 aromatic heterocycles. The first-order valence-electron chi connectivity index (χ1n) is 8.56. The average molecular weight is 349 g/mol. The van der Waals surface area contributed by atoms with E-state index in [1.807, 2.05) is 48.7 Å². The number of carbonyl (C=O) groups is 2. The molecule has 3 aromatic rings. The number of ether oxygens (including phenoxy) is 1. The van der Waals surface area contributed by atoms with Crippen LogP contribution < -0.4 is 15.4 Å². The monoisotopic (exact) mass is 349 g/mol. The van der Waals surface area contributed by atoms with Crippen LogP contribution in [-0.2, 0) is 22.4 Å². The van der Waals surface area contributed by atoms with E-state index < -0.39 is 0 Å². The van der Waals surface area contributed by atoms with E-state index in [9.17, 15) is 9.59 Å². The summed E-state index contributed by atoms with van der Waals surface area (Å²) in [7, 11) is 0. The third kappa shape index (κ3) is 3.39. The van der Waals surface area contributed by atoms with Gasteiger partial charge in [0.05, 0.1) is 12.1 Å². The molecular weight excluding hydrogens is 330 g/mol. The topological polar surface area (TPSA) is 83.2 Å². The van der Waals surface area contributed by atoms with E-state index >= 15 is 0 Å². The summed E-state index contributed by atoms with van der Waals surface area (Å²) < 4.78 is 5.34. The van der Waals surface area contributed by atoms with Crippen molar-refractivity contribution in [3.05, 3.63) is 59.8 Å². The number of para-hydroxylation sites is 1. The van der Waals surface area contributed by atoms with E-state index in [1.54, 1.807) is 0 Å². The summed E-state index contributed by atoms with van der Waals surface area (Å²) in [6, 6.07) is 13.6. The lowest BCUT2D eigenvalue weighted by Crippen LogP contribution is -2.27. The van der Waals surface area contributed by atoms with Crippen LogP contribution >= 0.6 is 0 Å². The van der Waals surface area contributed by atoms with Gasteiger partial charge in [0, 0.05) is 23.6 Å². The second-order valence-electron chi connectivity index (χ2n) is 6.30. The maximum absolute atomic E-state index is 12.2. The van der Waals surface area contributed by atoms with Gasteiger partial charge >= 0.3 is 0 Å². The number of H-pyrrole nitrogens is 1. The van der Waals surface area contributed by atoms with Crippen molar-refractivity contribution in [1.82, 2.24) is 10.3 Å². The summed E-state index contributed by atoms with van der Waals surface area (Å²) in [6.45, 7) is 0.588. The molecule has 2 amide bonds. The molecule has 3 N–H and O–H groups in total. The molecule has 6 heteroatoms. The minimum absolute atomic E-state index is 0.00986. The summed E-state index contributed by atoms with van der Waals surface area (Å²) in [5, 5.41) is 6.82. The number of amides is 2. The van der Waals surface area contributed by atoms with Gasteiger partial charge in [-0.3, -0.25) is 9.59 Å². The highest BCUT2D eigenvalue weighted by Gasteiger charge is 2.16. The van der Waals surface area contributed by atoms with Crippen LogP contribution in [0.15, 0.2) is 48.7 Å². The van der Waals surface area contributed by atoms with Gasteiger partial charge in [-0.2, -0.15) is 0 Å². The minimum Gasteiger partial charge on any atom is -0.482 e. The van der Waals surface area contributed by atoms with Crippen LogP contribution in [0.2, 0.25) is 0 Å². The van der Waals surface area contributed by atoms with Crippen LogP contribution in [-0.4, -0.2) is 29.9 Å². The predicted molar refractivity (Wildman–Crippen MR) is 99.3 cm³/mol. The van der Waals surface area contributed by atoms with Gasteiger partial charge in [0.15, 0.2) is 6.61 Å². The summed E-state index contributed by atoms with van der Waals surface area (Å²) in [5.74, 6) is 0.516. The number of hydrogen-bond acceptors (Lipinski definition) is 3. The normalized spacial score (nSPS) is 13.0. The molecule has 0 spiro atoms. The van der Waals surface area contributed by atoms with Gasteiger partial charge < -0.3 is 20.4 Å². The van der Waals surface area contributed by atoms with Crippen molar-refractivity contribution in [3.63, 3.8) is 0 Å². The standard InChI is InChI=1S/C20H19N3O3/c24-19(10-14-11-22-16-4-2-1-3-15(14)16)21-8-7-13-5-6-18-17(9-13)23-20(25)12-26-18/h1-6,9,11,22H,7-8,10,12H2,(H,21,24)(H,23,25). The molecule has 0 fully saturated rings. The van der Waals surface area contributed by atoms with E-state index in [4.69, 9.17) is 4.74 Å². The van der Waals surface area contributed by atoms with E-state index in [2.05, 4.69) is 15.6 Å². The van der Waals surface area contributed by atoms with Crippen molar-refractivity contribution in [3.8, 4) is 5.75 Å². The fourth-order valence-corrected chi connectivity index (χ4v) is 3.15. The lowest BCUT2D eigenvalue weighted by Gasteiger charge is -2.18. The number of hydrogen-bond donors (Lipinski definition) is 3. The Bertz CT molecular complexity index is 977. The van der Waals surface area contributed by atoms with E-state index in [1.165, 1.54) is 0 Å². The number of benzene rings is 2. The number of aromatic nitrogens is 1. The molecule has 0 atom stereocenters. The molecule has 2 aromatic carbocycles. The second kappa shape index (κ2) is 6.92. The number of aromatic amines is 1. The first-order chi connectivity index (χ1) is 12.7. The molecule has 6 nitrogen and oxygen atoms in total. The molecule has 0 saturated carbocycles. The molecule has 1 aliphatic rings. The average Bonchev–Trinajstić information content (AvgIpc) is 3.04. The predicted octanol–water partition coefficient (Wildman–Crippen LogP) is 2.40. The molecule has 132 valence electrons. The van der Waals surface area contributed by atoms with Gasteiger partial charge in [0.2, 0.25) is 5.91 Å². The Morgan fingerprint density at radius 1 is 1.19 bits per heavy atom. The lowest BCUT2D eigenvalue weighted by atomic mass is 10.1. The Morgan fingerprint density at radius 3 is 3.00 bits per heavy atom. The first-order valence-corrected chi connectivity index (χ1v) is 8.56. The Labute approximate surface area is 150 Å². The number of rotatable bonds is 5. The summed E-state index contributed by atoms with van der Waals surface area (Å²) in [5.41, 5.74) is 3.74. The van der Waals surface area contributed by atoms with Crippen molar-refractivity contribution >= 4 is 28.4 Å². The van der Waals surface area contributed by atoms with Crippen LogP contribution in [0.5, 0.6) is 5.75 Å². The Morgan fingerprint density at radius 2 is 2.08 bits per heavy atom. The molecular formula is C20H19N3O3. The zero-order valence-electron chi connectivity index (χ0n) is 14.2. The fraction of sp³-hybridized carbons (Fsp3) is 0.200. The zero-order valence-corrected chi connectivity index (χ0v) is 14.2. The molecule has 0 unspecified atom stereocenters. The van der Waals surface area contributed by atoms with Gasteiger partial charge in [0.1, 0.15) is 5.75 Å². The third-order valence-corrected chi connectivity index (χ3v) is 4.44. The number of fused-ring (bicyclic) bond motifs is 2. The number of anilines is 1. The van der Waals surface area contributed by atoms with Crippen LogP contribution in [0.25, 0.3) is 10.9 Å². The van der Waals surface area contributed by atoms with E-state index in [-0.39, 0.29) is 18.4 Å². The molecule has 26 heavy (non-hydrogen) atoms. The number of carbonyl (C=O) groups excluding carboxylic acids is 2. The van der Waals surface area contributed by atoms with Crippen molar-refractivity contribution in [2.75, 3.05) is 18.5 Å². The van der Waals surface area contributed by atoms with Crippen LogP contribution in [0.1, 0.15) is 11.1 Å². The SMILES string of the molecule is O=C(Cc1c[nH]c2ccccc12)NCCc1ccc2c(c1)NC(=O)CO2. The molecule has 2 heterocycles. The van der Waals surface area contributed by atoms with Crippen molar-refractivity contribution < 1.29 is 14.3 Å². The number of nitrogens with one attached hydrogen (secondary N) is 3. The lowest BCUT2D eigenvalue weighted by molar-refractivity contribution is -0.120.